The molecule has 0 fully saturated rings. The summed E-state index contributed by atoms with van der Waals surface area (Å²) in [6.45, 7) is 3.40. The first-order valence-corrected chi connectivity index (χ1v) is 7.15. The van der Waals surface area contributed by atoms with E-state index in [1.54, 1.807) is 6.92 Å². The van der Waals surface area contributed by atoms with Crippen LogP contribution in [0.25, 0.3) is 0 Å². The standard InChI is InChI=1S/C13H16Cl3NO3/c1-3-13(2,19)7-17-12(18)6-20-11-5-9(15)8(14)4-10(11)16/h4-5,19H,3,6-7H2,1-2H3,(H,17,18). The molecule has 20 heavy (non-hydrogen) atoms. The maximum atomic E-state index is 11.6. The molecular weight excluding hydrogens is 325 g/mol. The molecule has 4 nitrogen and oxygen atoms in total. The van der Waals surface area contributed by atoms with Crippen LogP contribution in [0.15, 0.2) is 12.1 Å². The van der Waals surface area contributed by atoms with Crippen LogP contribution < -0.4 is 10.1 Å². The number of rotatable bonds is 6. The van der Waals surface area contributed by atoms with E-state index in [1.807, 2.05) is 6.92 Å². The minimum Gasteiger partial charge on any atom is -0.482 e. The van der Waals surface area contributed by atoms with E-state index in [1.165, 1.54) is 12.1 Å². The summed E-state index contributed by atoms with van der Waals surface area (Å²) in [4.78, 5) is 11.6. The minimum atomic E-state index is -0.934. The lowest BCUT2D eigenvalue weighted by atomic mass is 10.0. The molecule has 1 unspecified atom stereocenters. The third kappa shape index (κ3) is 5.37. The van der Waals surface area contributed by atoms with Crippen LogP contribution >= 0.6 is 34.8 Å². The number of halogens is 3. The van der Waals surface area contributed by atoms with Gasteiger partial charge in [-0.25, -0.2) is 0 Å². The van der Waals surface area contributed by atoms with Gasteiger partial charge in [0.05, 0.1) is 20.7 Å². The second-order valence-corrected chi connectivity index (χ2v) is 5.83. The molecule has 1 amide bonds. The number of ether oxygens (including phenoxy) is 1. The molecule has 1 aromatic carbocycles. The molecule has 1 aromatic rings. The van der Waals surface area contributed by atoms with E-state index in [0.29, 0.717) is 16.5 Å². The van der Waals surface area contributed by atoms with Gasteiger partial charge < -0.3 is 15.2 Å². The molecular formula is C13H16Cl3NO3. The molecule has 0 bridgehead atoms. The maximum absolute atomic E-state index is 11.6. The van der Waals surface area contributed by atoms with Crippen molar-refractivity contribution in [3.63, 3.8) is 0 Å². The Morgan fingerprint density at radius 3 is 2.50 bits per heavy atom. The summed E-state index contributed by atoms with van der Waals surface area (Å²) in [5, 5.41) is 13.2. The van der Waals surface area contributed by atoms with Crippen molar-refractivity contribution >= 4 is 40.7 Å². The zero-order chi connectivity index (χ0) is 15.3. The highest BCUT2D eigenvalue weighted by molar-refractivity contribution is 6.43. The SMILES string of the molecule is CCC(C)(O)CNC(=O)COc1cc(Cl)c(Cl)cc1Cl. The Morgan fingerprint density at radius 2 is 1.90 bits per heavy atom. The number of carbonyl (C=O) groups excluding carboxylic acids is 1. The van der Waals surface area contributed by atoms with Gasteiger partial charge in [0.15, 0.2) is 6.61 Å². The van der Waals surface area contributed by atoms with Crippen molar-refractivity contribution in [1.82, 2.24) is 5.32 Å². The first-order valence-electron chi connectivity index (χ1n) is 6.01. The molecule has 0 saturated carbocycles. The van der Waals surface area contributed by atoms with Crippen LogP contribution in [0.4, 0.5) is 0 Å². The quantitative estimate of drug-likeness (QED) is 0.781. The second-order valence-electron chi connectivity index (χ2n) is 4.61. The zero-order valence-corrected chi connectivity index (χ0v) is 13.4. The van der Waals surface area contributed by atoms with Gasteiger partial charge in [0.2, 0.25) is 0 Å². The van der Waals surface area contributed by atoms with Gasteiger partial charge in [-0.05, 0) is 19.4 Å². The third-order valence-corrected chi connectivity index (χ3v) is 3.78. The summed E-state index contributed by atoms with van der Waals surface area (Å²) in [6, 6.07) is 2.89. The van der Waals surface area contributed by atoms with Crippen LogP contribution in [0.1, 0.15) is 20.3 Å². The number of amides is 1. The fraction of sp³-hybridized carbons (Fsp3) is 0.462. The van der Waals surface area contributed by atoms with Crippen molar-refractivity contribution < 1.29 is 14.6 Å². The summed E-state index contributed by atoms with van der Waals surface area (Å²) in [5.74, 6) is -0.0840. The lowest BCUT2D eigenvalue weighted by molar-refractivity contribution is -0.124. The predicted molar refractivity (Wildman–Crippen MR) is 80.9 cm³/mol. The van der Waals surface area contributed by atoms with Gasteiger partial charge in [0, 0.05) is 12.6 Å². The van der Waals surface area contributed by atoms with E-state index in [0.717, 1.165) is 0 Å². The number of nitrogens with one attached hydrogen (secondary N) is 1. The lowest BCUT2D eigenvalue weighted by Crippen LogP contribution is -2.41. The summed E-state index contributed by atoms with van der Waals surface area (Å²) >= 11 is 17.5. The van der Waals surface area contributed by atoms with Crippen molar-refractivity contribution in [2.45, 2.75) is 25.9 Å². The largest absolute Gasteiger partial charge is 0.482 e. The van der Waals surface area contributed by atoms with E-state index in [4.69, 9.17) is 39.5 Å². The average molecular weight is 341 g/mol. The molecule has 1 rings (SSSR count). The highest BCUT2D eigenvalue weighted by Crippen LogP contribution is 2.33. The van der Waals surface area contributed by atoms with Crippen LogP contribution in [0, 0.1) is 0 Å². The van der Waals surface area contributed by atoms with Gasteiger partial charge >= 0.3 is 0 Å². The van der Waals surface area contributed by atoms with Crippen molar-refractivity contribution in [3.8, 4) is 5.75 Å². The molecule has 0 aromatic heterocycles. The van der Waals surface area contributed by atoms with Gasteiger partial charge in [0.1, 0.15) is 5.75 Å². The molecule has 0 aliphatic heterocycles. The second kappa shape index (κ2) is 7.36. The Morgan fingerprint density at radius 1 is 1.30 bits per heavy atom. The predicted octanol–water partition coefficient (Wildman–Crippen LogP) is 3.30. The Kier molecular flexibility index (Phi) is 6.40. The van der Waals surface area contributed by atoms with Crippen molar-refractivity contribution in [2.75, 3.05) is 13.2 Å². The molecule has 0 aliphatic carbocycles. The first-order chi connectivity index (χ1) is 9.25. The van der Waals surface area contributed by atoms with E-state index in [9.17, 15) is 9.90 Å². The summed E-state index contributed by atoms with van der Waals surface area (Å²) in [6.07, 6.45) is 0.534. The highest BCUT2D eigenvalue weighted by Gasteiger charge is 2.18. The lowest BCUT2D eigenvalue weighted by Gasteiger charge is -2.21. The molecule has 2 N–H and O–H groups in total. The van der Waals surface area contributed by atoms with E-state index in [2.05, 4.69) is 5.32 Å². The normalized spacial score (nSPS) is 13.7. The number of aliphatic hydroxyl groups is 1. The molecule has 0 aliphatic rings. The van der Waals surface area contributed by atoms with E-state index in [-0.39, 0.29) is 29.8 Å². The monoisotopic (exact) mass is 339 g/mol. The topological polar surface area (TPSA) is 58.6 Å². The summed E-state index contributed by atoms with van der Waals surface area (Å²) in [5.41, 5.74) is -0.934. The minimum absolute atomic E-state index is 0.154. The number of benzene rings is 1. The third-order valence-electron chi connectivity index (χ3n) is 2.76. The molecule has 0 heterocycles. The molecule has 112 valence electrons. The Balaban J connectivity index is 2.51. The van der Waals surface area contributed by atoms with E-state index >= 15 is 0 Å². The number of hydrogen-bond acceptors (Lipinski definition) is 3. The van der Waals surface area contributed by atoms with Crippen LogP contribution in [-0.2, 0) is 4.79 Å². The Hall–Kier alpha value is -0.680. The van der Waals surface area contributed by atoms with Crippen molar-refractivity contribution in [2.24, 2.45) is 0 Å². The highest BCUT2D eigenvalue weighted by atomic mass is 35.5. The van der Waals surface area contributed by atoms with Crippen LogP contribution in [0.3, 0.4) is 0 Å². The number of hydrogen-bond donors (Lipinski definition) is 2. The molecule has 1 atom stereocenters. The molecule has 7 heteroatoms. The summed E-state index contributed by atoms with van der Waals surface area (Å²) in [7, 11) is 0. The number of carbonyl (C=O) groups is 1. The van der Waals surface area contributed by atoms with Crippen molar-refractivity contribution in [3.05, 3.63) is 27.2 Å². The fourth-order valence-corrected chi connectivity index (χ4v) is 1.81. The molecule has 0 radical (unpaired) electrons. The zero-order valence-electron chi connectivity index (χ0n) is 11.2. The Bertz CT molecular complexity index is 492. The Labute approximate surface area is 133 Å². The van der Waals surface area contributed by atoms with Gasteiger partial charge in [-0.1, -0.05) is 41.7 Å². The van der Waals surface area contributed by atoms with Gasteiger partial charge in [-0.2, -0.15) is 0 Å². The maximum Gasteiger partial charge on any atom is 0.258 e. The first kappa shape index (κ1) is 17.4. The van der Waals surface area contributed by atoms with E-state index < -0.39 is 5.60 Å². The van der Waals surface area contributed by atoms with Crippen LogP contribution in [0.5, 0.6) is 5.75 Å². The molecule has 0 spiro atoms. The fourth-order valence-electron chi connectivity index (χ4n) is 1.22. The van der Waals surface area contributed by atoms with Crippen molar-refractivity contribution in [1.29, 1.82) is 0 Å². The smallest absolute Gasteiger partial charge is 0.258 e. The van der Waals surface area contributed by atoms with Crippen LogP contribution in [-0.4, -0.2) is 29.8 Å². The van der Waals surface area contributed by atoms with Crippen LogP contribution in [0.2, 0.25) is 15.1 Å². The van der Waals surface area contributed by atoms with Gasteiger partial charge in [-0.15, -0.1) is 0 Å². The molecule has 0 saturated heterocycles. The summed E-state index contributed by atoms with van der Waals surface area (Å²) < 4.78 is 5.26. The van der Waals surface area contributed by atoms with Gasteiger partial charge in [0.25, 0.3) is 5.91 Å². The van der Waals surface area contributed by atoms with Gasteiger partial charge in [-0.3, -0.25) is 4.79 Å². The average Bonchev–Trinajstić information content (AvgIpc) is 2.39.